The normalized spacial score (nSPS) is 16.1. The number of aromatic amines is 2. The van der Waals surface area contributed by atoms with Crippen LogP contribution in [0.1, 0.15) is 30.5 Å². The summed E-state index contributed by atoms with van der Waals surface area (Å²) in [5.41, 5.74) is 2.72. The molecule has 5 rings (SSSR count). The van der Waals surface area contributed by atoms with Gasteiger partial charge in [0.2, 0.25) is 23.7 Å². The van der Waals surface area contributed by atoms with E-state index < -0.39 is 23.3 Å². The number of fused-ring (bicyclic) bond motifs is 1. The minimum absolute atomic E-state index is 0.111. The molecule has 166 valence electrons. The van der Waals surface area contributed by atoms with E-state index in [-0.39, 0.29) is 17.9 Å². The second-order valence-corrected chi connectivity index (χ2v) is 7.92. The van der Waals surface area contributed by atoms with E-state index in [2.05, 4.69) is 20.4 Å². The Morgan fingerprint density at radius 3 is 2.52 bits per heavy atom. The fourth-order valence-electron chi connectivity index (χ4n) is 4.19. The molecule has 10 nitrogen and oxygen atoms in total. The van der Waals surface area contributed by atoms with E-state index in [0.29, 0.717) is 28.5 Å². The summed E-state index contributed by atoms with van der Waals surface area (Å²) in [6.07, 6.45) is -0.111. The second kappa shape index (κ2) is 7.59. The molecule has 2 aromatic carbocycles. The minimum Gasteiger partial charge on any atom is -0.326 e. The Balaban J connectivity index is 1.48. The number of carbonyl (C=O) groups is 3. The summed E-state index contributed by atoms with van der Waals surface area (Å²) in [5.74, 6) is -1.68. The molecule has 0 radical (unpaired) electrons. The van der Waals surface area contributed by atoms with Crippen molar-refractivity contribution in [2.24, 2.45) is 0 Å². The van der Waals surface area contributed by atoms with Crippen LogP contribution in [0.15, 0.2) is 53.3 Å². The van der Waals surface area contributed by atoms with Crippen LogP contribution in [0.3, 0.4) is 0 Å². The Morgan fingerprint density at radius 1 is 1.09 bits per heavy atom. The van der Waals surface area contributed by atoms with Gasteiger partial charge in [0.25, 0.3) is 5.56 Å². The minimum atomic E-state index is -0.901. The van der Waals surface area contributed by atoms with Gasteiger partial charge in [0.1, 0.15) is 0 Å². The number of aryl methyl sites for hydroxylation is 1. The monoisotopic (exact) mass is 444 g/mol. The van der Waals surface area contributed by atoms with E-state index >= 15 is 0 Å². The average molecular weight is 444 g/mol. The Morgan fingerprint density at radius 2 is 1.82 bits per heavy atom. The lowest BCUT2D eigenvalue weighted by Gasteiger charge is -2.15. The van der Waals surface area contributed by atoms with Crippen LogP contribution >= 0.6 is 0 Å². The Bertz CT molecular complexity index is 1440. The SMILES string of the molecule is CC(=O)Nc1ccc(N2C(=O)C[C@@H](c3c(C)[nH]n(-c4nc5ccccc5[nH]4)c3=O)C2=O)cc1. The number of aromatic nitrogens is 4. The van der Waals surface area contributed by atoms with Crippen molar-refractivity contribution in [2.75, 3.05) is 10.2 Å². The second-order valence-electron chi connectivity index (χ2n) is 7.92. The molecule has 33 heavy (non-hydrogen) atoms. The number of hydrogen-bond acceptors (Lipinski definition) is 5. The van der Waals surface area contributed by atoms with Crippen molar-refractivity contribution in [3.05, 3.63) is 70.1 Å². The fraction of sp³-hybridized carbons (Fsp3) is 0.174. The lowest BCUT2D eigenvalue weighted by Crippen LogP contribution is -2.31. The first kappa shape index (κ1) is 20.4. The van der Waals surface area contributed by atoms with E-state index in [1.807, 2.05) is 24.3 Å². The molecule has 1 fully saturated rings. The number of anilines is 2. The van der Waals surface area contributed by atoms with Gasteiger partial charge in [-0.1, -0.05) is 12.1 Å². The average Bonchev–Trinajstić information content (AvgIpc) is 3.41. The molecule has 2 aromatic heterocycles. The van der Waals surface area contributed by atoms with Crippen LogP contribution < -0.4 is 15.8 Å². The van der Waals surface area contributed by atoms with E-state index in [0.717, 1.165) is 10.4 Å². The number of nitrogens with one attached hydrogen (secondary N) is 3. The highest BCUT2D eigenvalue weighted by atomic mass is 16.2. The zero-order chi connectivity index (χ0) is 23.3. The lowest BCUT2D eigenvalue weighted by molar-refractivity contribution is -0.121. The van der Waals surface area contributed by atoms with Crippen LogP contribution in [-0.4, -0.2) is 37.5 Å². The Labute approximate surface area is 187 Å². The number of carbonyl (C=O) groups excluding carboxylic acids is 3. The van der Waals surface area contributed by atoms with Crippen molar-refractivity contribution in [1.82, 2.24) is 19.7 Å². The maximum atomic E-state index is 13.2. The molecule has 0 bridgehead atoms. The molecule has 0 saturated carbocycles. The maximum absolute atomic E-state index is 13.2. The molecule has 0 spiro atoms. The number of para-hydroxylation sites is 2. The summed E-state index contributed by atoms with van der Waals surface area (Å²) in [4.78, 5) is 59.0. The highest BCUT2D eigenvalue weighted by Crippen LogP contribution is 2.33. The number of nitrogens with zero attached hydrogens (tertiary/aromatic N) is 3. The van der Waals surface area contributed by atoms with Gasteiger partial charge in [-0.05, 0) is 43.3 Å². The summed E-state index contributed by atoms with van der Waals surface area (Å²) in [7, 11) is 0. The fourth-order valence-corrected chi connectivity index (χ4v) is 4.19. The predicted octanol–water partition coefficient (Wildman–Crippen LogP) is 2.36. The van der Waals surface area contributed by atoms with Crippen molar-refractivity contribution in [1.29, 1.82) is 0 Å². The zero-order valence-electron chi connectivity index (χ0n) is 17.9. The van der Waals surface area contributed by atoms with Crippen LogP contribution in [0.4, 0.5) is 11.4 Å². The number of imidazole rings is 1. The molecule has 1 aliphatic heterocycles. The predicted molar refractivity (Wildman–Crippen MR) is 121 cm³/mol. The molecule has 10 heteroatoms. The van der Waals surface area contributed by atoms with Crippen LogP contribution in [0.25, 0.3) is 17.0 Å². The van der Waals surface area contributed by atoms with Gasteiger partial charge in [0, 0.05) is 24.7 Å². The van der Waals surface area contributed by atoms with Crippen molar-refractivity contribution in [3.8, 4) is 5.95 Å². The molecule has 4 aromatic rings. The van der Waals surface area contributed by atoms with Crippen molar-refractivity contribution >= 4 is 40.1 Å². The standard InChI is InChI=1S/C23H20N6O4/c1-12-20(22(33)29(27-12)23-25-17-5-3-4-6-18(17)26-23)16-11-19(31)28(21(16)32)15-9-7-14(8-10-15)24-13(2)30/h3-10,16,27H,11H2,1-2H3,(H,24,30)(H,25,26)/t16-/m0/s1. The first-order chi connectivity index (χ1) is 15.8. The molecule has 3 heterocycles. The van der Waals surface area contributed by atoms with Gasteiger partial charge < -0.3 is 10.3 Å². The molecule has 1 aliphatic rings. The maximum Gasteiger partial charge on any atom is 0.278 e. The number of hydrogen-bond donors (Lipinski definition) is 3. The molecular weight excluding hydrogens is 424 g/mol. The number of benzene rings is 2. The van der Waals surface area contributed by atoms with Gasteiger partial charge in [-0.3, -0.25) is 29.2 Å². The van der Waals surface area contributed by atoms with E-state index in [1.165, 1.54) is 11.6 Å². The summed E-state index contributed by atoms with van der Waals surface area (Å²) in [5, 5.41) is 5.61. The molecule has 1 saturated heterocycles. The number of H-pyrrole nitrogens is 2. The smallest absolute Gasteiger partial charge is 0.278 e. The molecule has 3 amide bonds. The summed E-state index contributed by atoms with van der Waals surface area (Å²) < 4.78 is 1.26. The van der Waals surface area contributed by atoms with Gasteiger partial charge in [0.05, 0.1) is 28.2 Å². The van der Waals surface area contributed by atoms with Crippen LogP contribution in [0.2, 0.25) is 0 Å². The van der Waals surface area contributed by atoms with Gasteiger partial charge in [-0.25, -0.2) is 4.98 Å². The molecule has 0 unspecified atom stereocenters. The Hall–Kier alpha value is -4.47. The topological polar surface area (TPSA) is 133 Å². The quantitative estimate of drug-likeness (QED) is 0.416. The largest absolute Gasteiger partial charge is 0.326 e. The van der Waals surface area contributed by atoms with Crippen LogP contribution in [-0.2, 0) is 14.4 Å². The van der Waals surface area contributed by atoms with Crippen LogP contribution in [0.5, 0.6) is 0 Å². The first-order valence-electron chi connectivity index (χ1n) is 10.3. The third-order valence-corrected chi connectivity index (χ3v) is 5.65. The molecule has 0 aliphatic carbocycles. The lowest BCUT2D eigenvalue weighted by atomic mass is 9.98. The zero-order valence-corrected chi connectivity index (χ0v) is 17.9. The first-order valence-corrected chi connectivity index (χ1v) is 10.3. The molecular formula is C23H20N6O4. The van der Waals surface area contributed by atoms with E-state index in [9.17, 15) is 19.2 Å². The van der Waals surface area contributed by atoms with Gasteiger partial charge >= 0.3 is 0 Å². The number of amides is 3. The third kappa shape index (κ3) is 3.41. The highest BCUT2D eigenvalue weighted by molar-refractivity contribution is 6.22. The highest BCUT2D eigenvalue weighted by Gasteiger charge is 2.43. The third-order valence-electron chi connectivity index (χ3n) is 5.65. The summed E-state index contributed by atoms with van der Waals surface area (Å²) in [6.45, 7) is 3.09. The van der Waals surface area contributed by atoms with Crippen molar-refractivity contribution in [3.63, 3.8) is 0 Å². The Kier molecular flexibility index (Phi) is 4.70. The molecule has 1 atom stereocenters. The van der Waals surface area contributed by atoms with Gasteiger partial charge in [0.15, 0.2) is 0 Å². The number of rotatable bonds is 4. The van der Waals surface area contributed by atoms with Crippen molar-refractivity contribution in [2.45, 2.75) is 26.2 Å². The summed E-state index contributed by atoms with van der Waals surface area (Å²) >= 11 is 0. The van der Waals surface area contributed by atoms with Crippen LogP contribution in [0, 0.1) is 6.92 Å². The summed E-state index contributed by atoms with van der Waals surface area (Å²) in [6, 6.07) is 13.8. The molecule has 3 N–H and O–H groups in total. The van der Waals surface area contributed by atoms with E-state index in [1.54, 1.807) is 31.2 Å². The number of imide groups is 1. The van der Waals surface area contributed by atoms with Gasteiger partial charge in [-0.15, -0.1) is 0 Å². The van der Waals surface area contributed by atoms with Gasteiger partial charge in [-0.2, -0.15) is 4.68 Å². The van der Waals surface area contributed by atoms with Crippen molar-refractivity contribution < 1.29 is 14.4 Å². The van der Waals surface area contributed by atoms with E-state index in [4.69, 9.17) is 0 Å².